The zero-order valence-corrected chi connectivity index (χ0v) is 10.3. The molecule has 0 spiro atoms. The smallest absolute Gasteiger partial charge is 0.331 e. The summed E-state index contributed by atoms with van der Waals surface area (Å²) in [7, 11) is 0. The number of carbonyl (C=O) groups excluding carboxylic acids is 1. The van der Waals surface area contributed by atoms with Gasteiger partial charge >= 0.3 is 5.97 Å². The maximum absolute atomic E-state index is 11.4. The van der Waals surface area contributed by atoms with Gasteiger partial charge in [-0.25, -0.2) is 4.79 Å². The number of hydrogen-bond acceptors (Lipinski definition) is 2. The van der Waals surface area contributed by atoms with Gasteiger partial charge in [0.1, 0.15) is 0 Å². The highest BCUT2D eigenvalue weighted by Crippen LogP contribution is 2.22. The van der Waals surface area contributed by atoms with Crippen LogP contribution in [0.5, 0.6) is 0 Å². The summed E-state index contributed by atoms with van der Waals surface area (Å²) < 4.78 is 0. The van der Waals surface area contributed by atoms with Gasteiger partial charge in [0, 0.05) is 27.4 Å². The Morgan fingerprint density at radius 3 is 2.24 bits per heavy atom. The molecule has 90 valence electrons. The van der Waals surface area contributed by atoms with E-state index >= 15 is 0 Å². The van der Waals surface area contributed by atoms with Crippen molar-refractivity contribution < 1.29 is 14.7 Å². The van der Waals surface area contributed by atoms with Gasteiger partial charge in [-0.15, -0.1) is 0 Å². The van der Waals surface area contributed by atoms with E-state index in [1.807, 2.05) is 0 Å². The van der Waals surface area contributed by atoms with E-state index in [4.69, 9.17) is 28.3 Å². The predicted octanol–water partition coefficient (Wildman–Crippen LogP) is 2.96. The quantitative estimate of drug-likeness (QED) is 0.833. The van der Waals surface area contributed by atoms with Gasteiger partial charge in [0.05, 0.1) is 0 Å². The molecule has 0 atom stereocenters. The maximum Gasteiger partial charge on any atom is 0.331 e. The molecule has 4 nitrogen and oxygen atoms in total. The van der Waals surface area contributed by atoms with Gasteiger partial charge in [-0.3, -0.25) is 4.79 Å². The van der Waals surface area contributed by atoms with Crippen molar-refractivity contribution in [1.82, 2.24) is 0 Å². The van der Waals surface area contributed by atoms with Crippen molar-refractivity contribution in [1.29, 1.82) is 0 Å². The summed E-state index contributed by atoms with van der Waals surface area (Å²) in [5.41, 5.74) is 0.345. The number of halogens is 2. The highest BCUT2D eigenvalue weighted by atomic mass is 35.5. The van der Waals surface area contributed by atoms with Crippen molar-refractivity contribution in [3.8, 4) is 0 Å². The third-order valence-electron chi connectivity index (χ3n) is 1.82. The van der Waals surface area contributed by atoms with Gasteiger partial charge in [-0.1, -0.05) is 23.2 Å². The molecule has 1 aromatic rings. The van der Waals surface area contributed by atoms with Crippen molar-refractivity contribution in [2.24, 2.45) is 0 Å². The van der Waals surface area contributed by atoms with E-state index in [-0.39, 0.29) is 5.57 Å². The maximum atomic E-state index is 11.4. The monoisotopic (exact) mass is 273 g/mol. The molecule has 0 aromatic heterocycles. The second kappa shape index (κ2) is 5.70. The van der Waals surface area contributed by atoms with E-state index in [1.165, 1.54) is 25.1 Å². The highest BCUT2D eigenvalue weighted by molar-refractivity contribution is 6.35. The Morgan fingerprint density at radius 1 is 1.24 bits per heavy atom. The molecular formula is C11H9Cl2NO3. The van der Waals surface area contributed by atoms with Gasteiger partial charge in [-0.05, 0) is 25.1 Å². The van der Waals surface area contributed by atoms with E-state index in [1.54, 1.807) is 0 Å². The zero-order valence-electron chi connectivity index (χ0n) is 8.83. The van der Waals surface area contributed by atoms with Gasteiger partial charge < -0.3 is 10.4 Å². The lowest BCUT2D eigenvalue weighted by Crippen LogP contribution is -2.10. The van der Waals surface area contributed by atoms with E-state index in [0.29, 0.717) is 15.7 Å². The van der Waals surface area contributed by atoms with E-state index < -0.39 is 11.9 Å². The number of rotatable bonds is 3. The van der Waals surface area contributed by atoms with Crippen LogP contribution >= 0.6 is 23.2 Å². The first-order valence-electron chi connectivity index (χ1n) is 4.57. The molecule has 0 aliphatic carbocycles. The van der Waals surface area contributed by atoms with E-state index in [9.17, 15) is 9.59 Å². The van der Waals surface area contributed by atoms with Crippen LogP contribution in [0.25, 0.3) is 0 Å². The SMILES string of the molecule is C/C(=C\C(=O)Nc1cc(Cl)cc(Cl)c1)C(=O)O. The largest absolute Gasteiger partial charge is 0.478 e. The third-order valence-corrected chi connectivity index (χ3v) is 2.25. The number of carboxylic acid groups (broad SMARTS) is 1. The number of benzene rings is 1. The van der Waals surface area contributed by atoms with E-state index in [2.05, 4.69) is 5.32 Å². The van der Waals surface area contributed by atoms with Crippen LogP contribution in [0.2, 0.25) is 10.0 Å². The first-order chi connectivity index (χ1) is 7.88. The molecule has 0 saturated carbocycles. The molecule has 0 saturated heterocycles. The number of carbonyl (C=O) groups is 2. The highest BCUT2D eigenvalue weighted by Gasteiger charge is 2.05. The van der Waals surface area contributed by atoms with Crippen LogP contribution in [0, 0.1) is 0 Å². The van der Waals surface area contributed by atoms with Crippen molar-refractivity contribution in [3.63, 3.8) is 0 Å². The molecule has 17 heavy (non-hydrogen) atoms. The second-order valence-electron chi connectivity index (χ2n) is 3.28. The Labute approximate surface area is 108 Å². The summed E-state index contributed by atoms with van der Waals surface area (Å²) in [6.45, 7) is 1.33. The van der Waals surface area contributed by atoms with Gasteiger partial charge in [0.15, 0.2) is 0 Å². The summed E-state index contributed by atoms with van der Waals surface area (Å²) in [4.78, 5) is 21.9. The summed E-state index contributed by atoms with van der Waals surface area (Å²) >= 11 is 11.5. The van der Waals surface area contributed by atoms with Crippen molar-refractivity contribution in [2.45, 2.75) is 6.92 Å². The summed E-state index contributed by atoms with van der Waals surface area (Å²) in [6, 6.07) is 4.54. The zero-order chi connectivity index (χ0) is 13.0. The topological polar surface area (TPSA) is 66.4 Å². The number of aliphatic carboxylic acids is 1. The Kier molecular flexibility index (Phi) is 4.54. The van der Waals surface area contributed by atoms with Crippen LogP contribution in [-0.4, -0.2) is 17.0 Å². The molecule has 0 bridgehead atoms. The van der Waals surface area contributed by atoms with Gasteiger partial charge in [0.25, 0.3) is 0 Å². The fourth-order valence-electron chi connectivity index (χ4n) is 1.06. The predicted molar refractivity (Wildman–Crippen MR) is 66.5 cm³/mol. The minimum absolute atomic E-state index is 0.0596. The molecule has 0 fully saturated rings. The van der Waals surface area contributed by atoms with Crippen LogP contribution in [0.15, 0.2) is 29.8 Å². The van der Waals surface area contributed by atoms with Gasteiger partial charge in [0.2, 0.25) is 5.91 Å². The molecule has 0 unspecified atom stereocenters. The lowest BCUT2D eigenvalue weighted by Gasteiger charge is -2.04. The third kappa shape index (κ3) is 4.46. The number of nitrogens with one attached hydrogen (secondary N) is 1. The molecule has 0 aliphatic rings. The molecule has 1 aromatic carbocycles. The number of hydrogen-bond donors (Lipinski definition) is 2. The van der Waals surface area contributed by atoms with Crippen LogP contribution < -0.4 is 5.32 Å². The molecular weight excluding hydrogens is 265 g/mol. The molecule has 1 amide bonds. The van der Waals surface area contributed by atoms with Crippen LogP contribution in [-0.2, 0) is 9.59 Å². The minimum atomic E-state index is -1.15. The molecule has 0 radical (unpaired) electrons. The molecule has 1 rings (SSSR count). The molecule has 0 aliphatic heterocycles. The van der Waals surface area contributed by atoms with Crippen molar-refractivity contribution in [2.75, 3.05) is 5.32 Å². The van der Waals surface area contributed by atoms with Crippen LogP contribution in [0.1, 0.15) is 6.92 Å². The normalized spacial score (nSPS) is 11.1. The van der Waals surface area contributed by atoms with E-state index in [0.717, 1.165) is 6.08 Å². The summed E-state index contributed by atoms with van der Waals surface area (Å²) in [6.07, 6.45) is 0.983. The van der Waals surface area contributed by atoms with Gasteiger partial charge in [-0.2, -0.15) is 0 Å². The molecule has 0 heterocycles. The van der Waals surface area contributed by atoms with Crippen LogP contribution in [0.3, 0.4) is 0 Å². The Bertz CT molecular complexity index is 477. The lowest BCUT2D eigenvalue weighted by atomic mass is 10.2. The molecule has 2 N–H and O–H groups in total. The Hall–Kier alpha value is -1.52. The number of amides is 1. The number of carboxylic acids is 1. The lowest BCUT2D eigenvalue weighted by molar-refractivity contribution is -0.132. The average molecular weight is 274 g/mol. The first-order valence-corrected chi connectivity index (χ1v) is 5.33. The fraction of sp³-hybridized carbons (Fsp3) is 0.0909. The number of anilines is 1. The van der Waals surface area contributed by atoms with Crippen molar-refractivity contribution >= 4 is 40.8 Å². The summed E-state index contributed by atoms with van der Waals surface area (Å²) in [5, 5.41) is 11.8. The minimum Gasteiger partial charge on any atom is -0.478 e. The molecule has 6 heteroatoms. The average Bonchev–Trinajstić information content (AvgIpc) is 2.14. The fourth-order valence-corrected chi connectivity index (χ4v) is 1.59. The Morgan fingerprint density at radius 2 is 1.76 bits per heavy atom. The summed E-state index contributed by atoms with van der Waals surface area (Å²) in [5.74, 6) is -1.70. The standard InChI is InChI=1S/C11H9Cl2NO3/c1-6(11(16)17)2-10(15)14-9-4-7(12)3-8(13)5-9/h2-5H,1H3,(H,14,15)(H,16,17)/b6-2+. The second-order valence-corrected chi connectivity index (χ2v) is 4.15. The first kappa shape index (κ1) is 13.5. The van der Waals surface area contributed by atoms with Crippen LogP contribution in [0.4, 0.5) is 5.69 Å². The van der Waals surface area contributed by atoms with Crippen molar-refractivity contribution in [3.05, 3.63) is 39.9 Å². The Balaban J connectivity index is 2.81.